The van der Waals surface area contributed by atoms with Crippen LogP contribution in [0.3, 0.4) is 0 Å². The fourth-order valence-electron chi connectivity index (χ4n) is 3.31. The lowest BCUT2D eigenvalue weighted by molar-refractivity contribution is 0.0626. The van der Waals surface area contributed by atoms with Crippen LogP contribution in [0.5, 0.6) is 0 Å². The number of nitrogens with zero attached hydrogens (tertiary/aromatic N) is 5. The van der Waals surface area contributed by atoms with Gasteiger partial charge >= 0.3 is 0 Å². The standard InChI is InChI=1S/C18H21N5O2/c1-13-9-16(14(2)25-13)18(24)22-7-5-21(6-8-22)11-15-10-19-17-3-4-20-23(17)12-15/h3-4,9-10,12H,5-8,11H2,1-2H3. The first-order chi connectivity index (χ1) is 12.1. The summed E-state index contributed by atoms with van der Waals surface area (Å²) in [5.41, 5.74) is 2.65. The number of carbonyl (C=O) groups excluding carboxylic acids is 1. The highest BCUT2D eigenvalue weighted by atomic mass is 16.3. The van der Waals surface area contributed by atoms with Gasteiger partial charge in [0.1, 0.15) is 11.5 Å². The van der Waals surface area contributed by atoms with Gasteiger partial charge in [0.25, 0.3) is 5.91 Å². The molecule has 25 heavy (non-hydrogen) atoms. The van der Waals surface area contributed by atoms with Crippen molar-refractivity contribution >= 4 is 11.6 Å². The lowest BCUT2D eigenvalue weighted by Crippen LogP contribution is -2.48. The molecule has 1 aliphatic rings. The Balaban J connectivity index is 1.37. The highest BCUT2D eigenvalue weighted by Crippen LogP contribution is 2.17. The van der Waals surface area contributed by atoms with E-state index in [1.807, 2.05) is 43.3 Å². The summed E-state index contributed by atoms with van der Waals surface area (Å²) in [7, 11) is 0. The second kappa shape index (κ2) is 6.33. The van der Waals surface area contributed by atoms with Gasteiger partial charge in [-0.05, 0) is 19.9 Å². The topological polar surface area (TPSA) is 66.9 Å². The van der Waals surface area contributed by atoms with E-state index in [0.717, 1.165) is 49.7 Å². The molecule has 0 aliphatic carbocycles. The molecule has 3 aromatic rings. The molecule has 0 atom stereocenters. The van der Waals surface area contributed by atoms with Crippen LogP contribution in [-0.2, 0) is 6.54 Å². The average Bonchev–Trinajstić information content (AvgIpc) is 3.20. The monoisotopic (exact) mass is 339 g/mol. The molecule has 3 aromatic heterocycles. The maximum absolute atomic E-state index is 12.6. The molecule has 0 aromatic carbocycles. The quantitative estimate of drug-likeness (QED) is 0.729. The van der Waals surface area contributed by atoms with Crippen LogP contribution < -0.4 is 0 Å². The zero-order valence-electron chi connectivity index (χ0n) is 14.5. The molecule has 1 saturated heterocycles. The van der Waals surface area contributed by atoms with Gasteiger partial charge in [-0.3, -0.25) is 9.69 Å². The molecule has 4 rings (SSSR count). The van der Waals surface area contributed by atoms with Crippen LogP contribution in [0.1, 0.15) is 27.4 Å². The maximum atomic E-state index is 12.6. The van der Waals surface area contributed by atoms with Crippen molar-refractivity contribution in [2.75, 3.05) is 26.2 Å². The number of amides is 1. The van der Waals surface area contributed by atoms with E-state index in [4.69, 9.17) is 4.42 Å². The van der Waals surface area contributed by atoms with Crippen LogP contribution in [0.25, 0.3) is 5.65 Å². The summed E-state index contributed by atoms with van der Waals surface area (Å²) >= 11 is 0. The third-order valence-electron chi connectivity index (χ3n) is 4.64. The van der Waals surface area contributed by atoms with Crippen LogP contribution in [0.2, 0.25) is 0 Å². The van der Waals surface area contributed by atoms with Gasteiger partial charge in [-0.2, -0.15) is 5.10 Å². The number of fused-ring (bicyclic) bond motifs is 1. The molecule has 1 aliphatic heterocycles. The van der Waals surface area contributed by atoms with Crippen LogP contribution in [0.4, 0.5) is 0 Å². The van der Waals surface area contributed by atoms with Gasteiger partial charge in [0.2, 0.25) is 0 Å². The van der Waals surface area contributed by atoms with Crippen molar-refractivity contribution in [1.82, 2.24) is 24.4 Å². The van der Waals surface area contributed by atoms with Crippen molar-refractivity contribution in [1.29, 1.82) is 0 Å². The van der Waals surface area contributed by atoms with Crippen LogP contribution in [-0.4, -0.2) is 56.5 Å². The van der Waals surface area contributed by atoms with Crippen LogP contribution >= 0.6 is 0 Å². The van der Waals surface area contributed by atoms with Crippen LogP contribution in [0.15, 0.2) is 35.1 Å². The van der Waals surface area contributed by atoms with Crippen LogP contribution in [0, 0.1) is 13.8 Å². The number of aryl methyl sites for hydroxylation is 2. The number of hydrogen-bond donors (Lipinski definition) is 0. The smallest absolute Gasteiger partial charge is 0.257 e. The minimum absolute atomic E-state index is 0.0635. The summed E-state index contributed by atoms with van der Waals surface area (Å²) in [6, 6.07) is 3.71. The second-order valence-electron chi connectivity index (χ2n) is 6.49. The fraction of sp³-hybridized carbons (Fsp3) is 0.389. The summed E-state index contributed by atoms with van der Waals surface area (Å²) < 4.78 is 7.27. The maximum Gasteiger partial charge on any atom is 0.257 e. The van der Waals surface area contributed by atoms with Gasteiger partial charge < -0.3 is 9.32 Å². The lowest BCUT2D eigenvalue weighted by atomic mass is 10.2. The van der Waals surface area contributed by atoms with E-state index in [0.29, 0.717) is 11.3 Å². The predicted molar refractivity (Wildman–Crippen MR) is 92.3 cm³/mol. The normalized spacial score (nSPS) is 15.8. The van der Waals surface area contributed by atoms with E-state index < -0.39 is 0 Å². The van der Waals surface area contributed by atoms with Crippen molar-refractivity contribution in [2.24, 2.45) is 0 Å². The Morgan fingerprint density at radius 2 is 2.04 bits per heavy atom. The first kappa shape index (κ1) is 15.8. The Kier molecular flexibility index (Phi) is 4.01. The molecule has 130 valence electrons. The van der Waals surface area contributed by atoms with Gasteiger partial charge in [-0.1, -0.05) is 0 Å². The Hall–Kier alpha value is -2.67. The zero-order chi connectivity index (χ0) is 17.4. The Morgan fingerprint density at radius 1 is 1.24 bits per heavy atom. The third-order valence-corrected chi connectivity index (χ3v) is 4.64. The van der Waals surface area contributed by atoms with Gasteiger partial charge in [-0.25, -0.2) is 9.50 Å². The number of rotatable bonds is 3. The molecule has 1 amide bonds. The van der Waals surface area contributed by atoms with E-state index in [9.17, 15) is 4.79 Å². The Morgan fingerprint density at radius 3 is 2.76 bits per heavy atom. The SMILES string of the molecule is Cc1cc(C(=O)N2CCN(Cc3cnc4ccnn4c3)CC2)c(C)o1. The lowest BCUT2D eigenvalue weighted by Gasteiger charge is -2.34. The molecule has 0 N–H and O–H groups in total. The van der Waals surface area contributed by atoms with E-state index in [1.54, 1.807) is 10.7 Å². The minimum Gasteiger partial charge on any atom is -0.466 e. The molecule has 0 radical (unpaired) electrons. The summed E-state index contributed by atoms with van der Waals surface area (Å²) in [5, 5.41) is 4.23. The molecule has 7 nitrogen and oxygen atoms in total. The number of hydrogen-bond acceptors (Lipinski definition) is 5. The minimum atomic E-state index is 0.0635. The van der Waals surface area contributed by atoms with E-state index >= 15 is 0 Å². The molecule has 4 heterocycles. The molecule has 0 spiro atoms. The molecule has 7 heteroatoms. The second-order valence-corrected chi connectivity index (χ2v) is 6.49. The molecule has 0 unspecified atom stereocenters. The number of piperazine rings is 1. The highest BCUT2D eigenvalue weighted by molar-refractivity contribution is 5.95. The Bertz CT molecular complexity index is 905. The van der Waals surface area contributed by atoms with Crippen molar-refractivity contribution in [3.05, 3.63) is 53.4 Å². The van der Waals surface area contributed by atoms with Crippen molar-refractivity contribution in [3.8, 4) is 0 Å². The zero-order valence-corrected chi connectivity index (χ0v) is 14.5. The molecular weight excluding hydrogens is 318 g/mol. The van der Waals surface area contributed by atoms with E-state index in [2.05, 4.69) is 15.0 Å². The van der Waals surface area contributed by atoms with Crippen molar-refractivity contribution in [2.45, 2.75) is 20.4 Å². The van der Waals surface area contributed by atoms with Crippen molar-refractivity contribution in [3.63, 3.8) is 0 Å². The fourth-order valence-corrected chi connectivity index (χ4v) is 3.31. The number of furan rings is 1. The van der Waals surface area contributed by atoms with Crippen molar-refractivity contribution < 1.29 is 9.21 Å². The Labute approximate surface area is 145 Å². The van der Waals surface area contributed by atoms with Gasteiger partial charge in [0.15, 0.2) is 5.65 Å². The van der Waals surface area contributed by atoms with E-state index in [1.165, 1.54) is 0 Å². The first-order valence-electron chi connectivity index (χ1n) is 8.47. The van der Waals surface area contributed by atoms with Gasteiger partial charge in [0, 0.05) is 56.7 Å². The van der Waals surface area contributed by atoms with E-state index in [-0.39, 0.29) is 5.91 Å². The first-order valence-corrected chi connectivity index (χ1v) is 8.47. The summed E-state index contributed by atoms with van der Waals surface area (Å²) in [6.45, 7) is 7.66. The van der Waals surface area contributed by atoms with Gasteiger partial charge in [0.05, 0.1) is 11.8 Å². The highest BCUT2D eigenvalue weighted by Gasteiger charge is 2.24. The molecule has 0 saturated carbocycles. The molecule has 1 fully saturated rings. The largest absolute Gasteiger partial charge is 0.466 e. The summed E-state index contributed by atoms with van der Waals surface area (Å²) in [5.74, 6) is 1.54. The summed E-state index contributed by atoms with van der Waals surface area (Å²) in [4.78, 5) is 21.3. The average molecular weight is 339 g/mol. The number of carbonyl (C=O) groups is 1. The predicted octanol–water partition coefficient (Wildman–Crippen LogP) is 1.90. The van der Waals surface area contributed by atoms with Gasteiger partial charge in [-0.15, -0.1) is 0 Å². The number of aromatic nitrogens is 3. The third kappa shape index (κ3) is 3.15. The summed E-state index contributed by atoms with van der Waals surface area (Å²) in [6.07, 6.45) is 5.65. The molecular formula is C18H21N5O2. The molecule has 0 bridgehead atoms.